The molecular weight excluding hydrogens is 471 g/mol. The molecule has 1 aromatic heterocycles. The molecule has 0 unspecified atom stereocenters. The predicted molar refractivity (Wildman–Crippen MR) is 128 cm³/mol. The van der Waals surface area contributed by atoms with Gasteiger partial charge in [-0.2, -0.15) is 0 Å². The number of ether oxygens (including phenoxy) is 2. The number of carbonyl (C=O) groups excluding carboxylic acids is 1. The molecule has 0 bridgehead atoms. The zero-order chi connectivity index (χ0) is 25.4. The summed E-state index contributed by atoms with van der Waals surface area (Å²) in [5, 5.41) is 2.90. The Morgan fingerprint density at radius 2 is 1.39 bits per heavy atom. The van der Waals surface area contributed by atoms with Crippen molar-refractivity contribution < 1.29 is 31.9 Å². The van der Waals surface area contributed by atoms with Gasteiger partial charge in [-0.25, -0.2) is 0 Å². The third-order valence-electron chi connectivity index (χ3n) is 5.45. The molecule has 0 atom stereocenters. The minimum absolute atomic E-state index is 0.0108. The maximum Gasteiger partial charge on any atom is 0.573 e. The maximum absolute atomic E-state index is 12.6. The van der Waals surface area contributed by atoms with Crippen molar-refractivity contribution >= 4 is 5.91 Å². The van der Waals surface area contributed by atoms with Gasteiger partial charge in [0.2, 0.25) is 0 Å². The SMILES string of the molecule is O=C(NCCC(c1ccccc1)c1ccccc1)c1ccc(COc2ccc(OC(F)(F)F)cc2)o1. The molecule has 1 N–H and O–H groups in total. The van der Waals surface area contributed by atoms with E-state index in [1.54, 1.807) is 12.1 Å². The first-order valence-corrected chi connectivity index (χ1v) is 11.3. The number of nitrogens with one attached hydrogen (secondary N) is 1. The summed E-state index contributed by atoms with van der Waals surface area (Å²) in [6, 6.07) is 28.5. The van der Waals surface area contributed by atoms with Crippen molar-refractivity contribution in [2.24, 2.45) is 0 Å². The van der Waals surface area contributed by atoms with Crippen LogP contribution in [-0.4, -0.2) is 18.8 Å². The van der Waals surface area contributed by atoms with Crippen LogP contribution in [0.5, 0.6) is 11.5 Å². The van der Waals surface area contributed by atoms with Gasteiger partial charge in [0, 0.05) is 12.5 Å². The maximum atomic E-state index is 12.6. The molecule has 36 heavy (non-hydrogen) atoms. The molecule has 0 spiro atoms. The minimum Gasteiger partial charge on any atom is -0.486 e. The summed E-state index contributed by atoms with van der Waals surface area (Å²) in [5.74, 6) is 0.352. The number of benzene rings is 3. The summed E-state index contributed by atoms with van der Waals surface area (Å²) in [4.78, 5) is 12.6. The summed E-state index contributed by atoms with van der Waals surface area (Å²) in [5.41, 5.74) is 2.35. The second kappa shape index (κ2) is 11.5. The Hall–Kier alpha value is -4.20. The van der Waals surface area contributed by atoms with Crippen molar-refractivity contribution in [3.63, 3.8) is 0 Å². The highest BCUT2D eigenvalue weighted by molar-refractivity contribution is 5.91. The number of amides is 1. The molecule has 0 aliphatic rings. The van der Waals surface area contributed by atoms with E-state index in [9.17, 15) is 18.0 Å². The fraction of sp³-hybridized carbons (Fsp3) is 0.179. The number of hydrogen-bond acceptors (Lipinski definition) is 4. The van der Waals surface area contributed by atoms with Gasteiger partial charge in [0.05, 0.1) is 0 Å². The average molecular weight is 495 g/mol. The van der Waals surface area contributed by atoms with Crippen LogP contribution in [0.3, 0.4) is 0 Å². The monoisotopic (exact) mass is 495 g/mol. The van der Waals surface area contributed by atoms with Crippen LogP contribution in [0.15, 0.2) is 101 Å². The van der Waals surface area contributed by atoms with E-state index >= 15 is 0 Å². The zero-order valence-corrected chi connectivity index (χ0v) is 19.2. The van der Waals surface area contributed by atoms with Crippen molar-refractivity contribution in [2.75, 3.05) is 6.54 Å². The molecule has 0 aliphatic heterocycles. The molecule has 3 aromatic carbocycles. The van der Waals surface area contributed by atoms with Crippen LogP contribution in [0.25, 0.3) is 0 Å². The second-order valence-corrected chi connectivity index (χ2v) is 7.99. The molecule has 0 saturated carbocycles. The van der Waals surface area contributed by atoms with Crippen LogP contribution in [0, 0.1) is 0 Å². The Morgan fingerprint density at radius 3 is 1.97 bits per heavy atom. The third-order valence-corrected chi connectivity index (χ3v) is 5.45. The van der Waals surface area contributed by atoms with Gasteiger partial charge < -0.3 is 19.2 Å². The van der Waals surface area contributed by atoms with E-state index in [0.717, 1.165) is 12.1 Å². The van der Waals surface area contributed by atoms with Gasteiger partial charge in [-0.3, -0.25) is 4.79 Å². The van der Waals surface area contributed by atoms with E-state index in [1.165, 1.54) is 23.3 Å². The zero-order valence-electron chi connectivity index (χ0n) is 19.2. The van der Waals surface area contributed by atoms with Crippen molar-refractivity contribution in [3.8, 4) is 11.5 Å². The van der Waals surface area contributed by atoms with Crippen molar-refractivity contribution in [3.05, 3.63) is 120 Å². The average Bonchev–Trinajstić information content (AvgIpc) is 3.36. The Labute approximate surface area is 206 Å². The van der Waals surface area contributed by atoms with Crippen LogP contribution < -0.4 is 14.8 Å². The van der Waals surface area contributed by atoms with E-state index in [1.807, 2.05) is 36.4 Å². The highest BCUT2D eigenvalue weighted by Crippen LogP contribution is 2.28. The molecule has 0 fully saturated rings. The standard InChI is InChI=1S/C28H24F3NO4/c29-28(30,31)36-23-13-11-22(12-14-23)34-19-24-15-16-26(35-24)27(33)32-18-17-25(20-7-3-1-4-8-20)21-9-5-2-6-10-21/h1-16,25H,17-19H2,(H,32,33). The Balaban J connectivity index is 1.29. The van der Waals surface area contributed by atoms with E-state index < -0.39 is 6.36 Å². The lowest BCUT2D eigenvalue weighted by atomic mass is 9.88. The molecule has 5 nitrogen and oxygen atoms in total. The fourth-order valence-corrected chi connectivity index (χ4v) is 3.78. The molecule has 186 valence electrons. The van der Waals surface area contributed by atoms with Crippen molar-refractivity contribution in [2.45, 2.75) is 25.3 Å². The number of hydrogen-bond donors (Lipinski definition) is 1. The van der Waals surface area contributed by atoms with Gasteiger partial charge in [-0.15, -0.1) is 13.2 Å². The molecule has 4 aromatic rings. The lowest BCUT2D eigenvalue weighted by Gasteiger charge is -2.18. The molecule has 1 amide bonds. The van der Waals surface area contributed by atoms with Gasteiger partial charge in [-0.1, -0.05) is 60.7 Å². The summed E-state index contributed by atoms with van der Waals surface area (Å²) < 4.78 is 51.7. The van der Waals surface area contributed by atoms with Crippen LogP contribution >= 0.6 is 0 Å². The van der Waals surface area contributed by atoms with E-state index in [-0.39, 0.29) is 29.9 Å². The summed E-state index contributed by atoms with van der Waals surface area (Å²) in [6.07, 6.45) is -4.04. The van der Waals surface area contributed by atoms with E-state index in [4.69, 9.17) is 9.15 Å². The van der Waals surface area contributed by atoms with Gasteiger partial charge in [-0.05, 0) is 53.9 Å². The molecule has 0 radical (unpaired) electrons. The van der Waals surface area contributed by atoms with Crippen LogP contribution in [0.1, 0.15) is 39.8 Å². The molecule has 4 rings (SSSR count). The largest absolute Gasteiger partial charge is 0.573 e. The molecule has 0 saturated heterocycles. The van der Waals surface area contributed by atoms with Gasteiger partial charge in [0.15, 0.2) is 5.76 Å². The minimum atomic E-state index is -4.75. The molecule has 1 heterocycles. The number of rotatable bonds is 10. The number of carbonyl (C=O) groups is 1. The first kappa shape index (κ1) is 24.9. The van der Waals surface area contributed by atoms with Crippen LogP contribution in [0.4, 0.5) is 13.2 Å². The highest BCUT2D eigenvalue weighted by Gasteiger charge is 2.31. The smallest absolute Gasteiger partial charge is 0.486 e. The lowest BCUT2D eigenvalue weighted by molar-refractivity contribution is -0.274. The normalized spacial score (nSPS) is 11.3. The summed E-state index contributed by atoms with van der Waals surface area (Å²) >= 11 is 0. The quantitative estimate of drug-likeness (QED) is 0.266. The number of furan rings is 1. The first-order valence-electron chi connectivity index (χ1n) is 11.3. The molecule has 0 aliphatic carbocycles. The predicted octanol–water partition coefficient (Wildman–Crippen LogP) is 6.71. The number of alkyl halides is 3. The van der Waals surface area contributed by atoms with E-state index in [0.29, 0.717) is 24.5 Å². The highest BCUT2D eigenvalue weighted by atomic mass is 19.4. The second-order valence-electron chi connectivity index (χ2n) is 7.99. The van der Waals surface area contributed by atoms with Crippen molar-refractivity contribution in [1.82, 2.24) is 5.32 Å². The summed E-state index contributed by atoms with van der Waals surface area (Å²) in [7, 11) is 0. The van der Waals surface area contributed by atoms with E-state index in [2.05, 4.69) is 34.3 Å². The molecular formula is C28H24F3NO4. The van der Waals surface area contributed by atoms with Crippen molar-refractivity contribution in [1.29, 1.82) is 0 Å². The Morgan fingerprint density at radius 1 is 0.806 bits per heavy atom. The topological polar surface area (TPSA) is 60.7 Å². The molecule has 8 heteroatoms. The Bertz CT molecular complexity index is 1200. The fourth-order valence-electron chi connectivity index (χ4n) is 3.78. The third kappa shape index (κ3) is 7.15. The number of halogens is 3. The Kier molecular flexibility index (Phi) is 7.95. The van der Waals surface area contributed by atoms with Crippen LogP contribution in [0.2, 0.25) is 0 Å². The van der Waals surface area contributed by atoms with Gasteiger partial charge >= 0.3 is 6.36 Å². The lowest BCUT2D eigenvalue weighted by Crippen LogP contribution is -2.25. The summed E-state index contributed by atoms with van der Waals surface area (Å²) in [6.45, 7) is 0.461. The van der Waals surface area contributed by atoms with Crippen LogP contribution in [-0.2, 0) is 6.61 Å². The van der Waals surface area contributed by atoms with Gasteiger partial charge in [0.1, 0.15) is 23.9 Å². The first-order chi connectivity index (χ1) is 17.4. The van der Waals surface area contributed by atoms with Gasteiger partial charge in [0.25, 0.3) is 5.91 Å².